The van der Waals surface area contributed by atoms with Gasteiger partial charge in [-0.1, -0.05) is 0 Å². The van der Waals surface area contributed by atoms with Crippen molar-refractivity contribution in [2.24, 2.45) is 5.73 Å². The van der Waals surface area contributed by atoms with Crippen LogP contribution in [0.2, 0.25) is 0 Å². The molecule has 2 atom stereocenters. The lowest BCUT2D eigenvalue weighted by Crippen LogP contribution is -2.49. The van der Waals surface area contributed by atoms with Gasteiger partial charge in [0.1, 0.15) is 5.78 Å². The van der Waals surface area contributed by atoms with Gasteiger partial charge in [-0.25, -0.2) is 0 Å². The molecule has 0 aromatic heterocycles. The molecule has 15 heavy (non-hydrogen) atoms. The molecule has 0 aromatic carbocycles. The highest BCUT2D eigenvalue weighted by Gasteiger charge is 2.39. The minimum Gasteiger partial charge on any atom is -0.327 e. The molecule has 1 rings (SSSR count). The maximum Gasteiger partial charge on any atom is 0.347 e. The third-order valence-electron chi connectivity index (χ3n) is 2.53. The van der Waals surface area contributed by atoms with Crippen LogP contribution in [0.4, 0.5) is 0 Å². The number of amides is 1. The van der Waals surface area contributed by atoms with E-state index in [-0.39, 0.29) is 5.91 Å². The largest absolute Gasteiger partial charge is 0.347 e. The van der Waals surface area contributed by atoms with Gasteiger partial charge in [0.15, 0.2) is 0 Å². The smallest absolute Gasteiger partial charge is 0.327 e. The van der Waals surface area contributed by atoms with Crippen molar-refractivity contribution in [2.75, 3.05) is 6.54 Å². The maximum atomic E-state index is 11.6. The first kappa shape index (κ1) is 12.6. The minimum atomic E-state index is -4.24. The highest BCUT2D eigenvalue weighted by Crippen LogP contribution is 2.47. The van der Waals surface area contributed by atoms with E-state index in [9.17, 15) is 9.36 Å². The lowest BCUT2D eigenvalue weighted by molar-refractivity contribution is -0.134. The Labute approximate surface area is 88.6 Å². The Morgan fingerprint density at radius 1 is 1.53 bits per heavy atom. The number of hydrogen-bond acceptors (Lipinski definition) is 3. The van der Waals surface area contributed by atoms with Gasteiger partial charge in [-0.15, -0.1) is 0 Å². The maximum absolute atomic E-state index is 11.6. The van der Waals surface area contributed by atoms with E-state index in [0.29, 0.717) is 13.0 Å². The molecule has 1 saturated heterocycles. The molecule has 1 heterocycles. The Morgan fingerprint density at radius 2 is 2.13 bits per heavy atom. The van der Waals surface area contributed by atoms with E-state index in [2.05, 4.69) is 0 Å². The highest BCUT2D eigenvalue weighted by molar-refractivity contribution is 7.52. The zero-order valence-electron chi connectivity index (χ0n) is 8.67. The normalized spacial score (nSPS) is 25.1. The summed E-state index contributed by atoms with van der Waals surface area (Å²) in [6.07, 6.45) is 1.86. The number of nitrogens with two attached hydrogens (primary N) is 1. The molecule has 1 fully saturated rings. The second-order valence-corrected chi connectivity index (χ2v) is 5.66. The van der Waals surface area contributed by atoms with E-state index in [1.165, 1.54) is 11.8 Å². The van der Waals surface area contributed by atoms with Crippen molar-refractivity contribution < 1.29 is 19.1 Å². The number of nitrogens with zero attached hydrogens (tertiary/aromatic N) is 1. The van der Waals surface area contributed by atoms with Crippen molar-refractivity contribution >= 4 is 13.5 Å². The molecule has 1 amide bonds. The fourth-order valence-electron chi connectivity index (χ4n) is 1.78. The SMILES string of the molecule is CC(N)C(=O)N1CCCCC1P(=O)(O)O. The first-order valence-corrected chi connectivity index (χ1v) is 6.63. The van der Waals surface area contributed by atoms with Gasteiger partial charge in [-0.05, 0) is 26.2 Å². The molecule has 0 saturated carbocycles. The Kier molecular flexibility index (Phi) is 3.89. The second-order valence-electron chi connectivity index (χ2n) is 3.89. The lowest BCUT2D eigenvalue weighted by Gasteiger charge is -2.36. The van der Waals surface area contributed by atoms with Crippen LogP contribution in [0, 0.1) is 0 Å². The minimum absolute atomic E-state index is 0.350. The lowest BCUT2D eigenvalue weighted by atomic mass is 10.1. The summed E-state index contributed by atoms with van der Waals surface area (Å²) < 4.78 is 11.2. The zero-order valence-corrected chi connectivity index (χ0v) is 9.56. The molecular formula is C8H17N2O4P. The third kappa shape index (κ3) is 3.01. The van der Waals surface area contributed by atoms with Gasteiger partial charge >= 0.3 is 7.60 Å². The molecule has 88 valence electrons. The first-order chi connectivity index (χ1) is 6.84. The zero-order chi connectivity index (χ0) is 11.6. The molecule has 7 heteroatoms. The number of piperidine rings is 1. The van der Waals surface area contributed by atoms with Crippen LogP contribution in [0.5, 0.6) is 0 Å². The van der Waals surface area contributed by atoms with E-state index >= 15 is 0 Å². The fourth-order valence-corrected chi connectivity index (χ4v) is 2.89. The summed E-state index contributed by atoms with van der Waals surface area (Å²) in [5.74, 6) is -1.37. The van der Waals surface area contributed by atoms with E-state index in [1.54, 1.807) is 0 Å². The molecule has 0 radical (unpaired) electrons. The molecule has 0 bridgehead atoms. The summed E-state index contributed by atoms with van der Waals surface area (Å²) in [6.45, 7) is 1.91. The van der Waals surface area contributed by atoms with Crippen molar-refractivity contribution in [2.45, 2.75) is 38.0 Å². The monoisotopic (exact) mass is 236 g/mol. The van der Waals surface area contributed by atoms with Crippen LogP contribution >= 0.6 is 7.60 Å². The number of hydrogen-bond donors (Lipinski definition) is 3. The Morgan fingerprint density at radius 3 is 2.60 bits per heavy atom. The average Bonchev–Trinajstić information content (AvgIpc) is 2.15. The van der Waals surface area contributed by atoms with Gasteiger partial charge in [0, 0.05) is 6.54 Å². The molecule has 4 N–H and O–H groups in total. The Hall–Kier alpha value is -0.420. The summed E-state index contributed by atoms with van der Waals surface area (Å²) in [7, 11) is -4.24. The topological polar surface area (TPSA) is 104 Å². The number of carbonyl (C=O) groups is 1. The van der Waals surface area contributed by atoms with Crippen molar-refractivity contribution in [3.05, 3.63) is 0 Å². The first-order valence-electron chi connectivity index (χ1n) is 4.95. The molecule has 0 aromatic rings. The summed E-state index contributed by atoms with van der Waals surface area (Å²) in [5, 5.41) is 0. The van der Waals surface area contributed by atoms with E-state index in [4.69, 9.17) is 15.5 Å². The molecular weight excluding hydrogens is 219 g/mol. The summed E-state index contributed by atoms with van der Waals surface area (Å²) in [4.78, 5) is 31.1. The van der Waals surface area contributed by atoms with Crippen LogP contribution in [0.15, 0.2) is 0 Å². The number of carbonyl (C=O) groups excluding carboxylic acids is 1. The number of rotatable bonds is 2. The van der Waals surface area contributed by atoms with Gasteiger partial charge in [-0.2, -0.15) is 0 Å². The van der Waals surface area contributed by atoms with Crippen molar-refractivity contribution in [3.8, 4) is 0 Å². The molecule has 1 aliphatic rings. The van der Waals surface area contributed by atoms with E-state index in [0.717, 1.165) is 12.8 Å². The van der Waals surface area contributed by atoms with Crippen LogP contribution < -0.4 is 5.73 Å². The third-order valence-corrected chi connectivity index (χ3v) is 3.85. The highest BCUT2D eigenvalue weighted by atomic mass is 31.2. The predicted molar refractivity (Wildman–Crippen MR) is 55.0 cm³/mol. The van der Waals surface area contributed by atoms with Gasteiger partial charge in [0.05, 0.1) is 6.04 Å². The molecule has 1 aliphatic heterocycles. The molecule has 0 aliphatic carbocycles. The van der Waals surface area contributed by atoms with Gasteiger partial charge in [-0.3, -0.25) is 9.36 Å². The molecule has 6 nitrogen and oxygen atoms in total. The Balaban J connectivity index is 2.84. The van der Waals surface area contributed by atoms with Crippen LogP contribution in [0.3, 0.4) is 0 Å². The standard InChI is InChI=1S/C8H17N2O4P/c1-6(9)8(11)10-5-3-2-4-7(10)15(12,13)14/h6-7H,2-5,9H2,1H3,(H2,12,13,14). The number of likely N-dealkylation sites (tertiary alicyclic amines) is 1. The van der Waals surface area contributed by atoms with Crippen molar-refractivity contribution in [3.63, 3.8) is 0 Å². The summed E-state index contributed by atoms with van der Waals surface area (Å²) in [5.41, 5.74) is 5.43. The predicted octanol–water partition coefficient (Wildman–Crippen LogP) is -0.150. The van der Waals surface area contributed by atoms with Crippen LogP contribution in [-0.4, -0.2) is 39.0 Å². The van der Waals surface area contributed by atoms with E-state index in [1.807, 2.05) is 0 Å². The molecule has 0 spiro atoms. The van der Waals surface area contributed by atoms with Crippen molar-refractivity contribution in [1.82, 2.24) is 4.90 Å². The van der Waals surface area contributed by atoms with Crippen molar-refractivity contribution in [1.29, 1.82) is 0 Å². The quantitative estimate of drug-likeness (QED) is 0.578. The fraction of sp³-hybridized carbons (Fsp3) is 0.875. The summed E-state index contributed by atoms with van der Waals surface area (Å²) >= 11 is 0. The van der Waals surface area contributed by atoms with E-state index < -0.39 is 19.4 Å². The average molecular weight is 236 g/mol. The summed E-state index contributed by atoms with van der Waals surface area (Å²) in [6, 6.07) is -0.711. The van der Waals surface area contributed by atoms with Crippen LogP contribution in [0.25, 0.3) is 0 Å². The van der Waals surface area contributed by atoms with Gasteiger partial charge in [0.2, 0.25) is 5.91 Å². The van der Waals surface area contributed by atoms with Gasteiger partial charge < -0.3 is 20.4 Å². The Bertz CT molecular complexity index is 288. The van der Waals surface area contributed by atoms with Crippen LogP contribution in [-0.2, 0) is 9.36 Å². The molecule has 2 unspecified atom stereocenters. The van der Waals surface area contributed by atoms with Crippen LogP contribution in [0.1, 0.15) is 26.2 Å². The van der Waals surface area contributed by atoms with Gasteiger partial charge in [0.25, 0.3) is 0 Å². The second kappa shape index (κ2) is 4.61.